The van der Waals surface area contributed by atoms with Crippen LogP contribution < -0.4 is 4.74 Å². The predicted molar refractivity (Wildman–Crippen MR) is 133 cm³/mol. The van der Waals surface area contributed by atoms with Crippen LogP contribution in [0.5, 0.6) is 5.75 Å². The van der Waals surface area contributed by atoms with Gasteiger partial charge in [-0.15, -0.1) is 0 Å². The third-order valence-corrected chi connectivity index (χ3v) is 7.89. The number of piperazine rings is 1. The van der Waals surface area contributed by atoms with Crippen LogP contribution >= 0.6 is 0 Å². The third kappa shape index (κ3) is 2.89. The van der Waals surface area contributed by atoms with Gasteiger partial charge in [0, 0.05) is 37.6 Å². The molecular weight excluding hydrogens is 428 g/mol. The summed E-state index contributed by atoms with van der Waals surface area (Å²) in [5.74, 6) is 0.464. The second kappa shape index (κ2) is 7.82. The highest BCUT2D eigenvalue weighted by molar-refractivity contribution is 6.32. The van der Waals surface area contributed by atoms with Gasteiger partial charge in [-0.3, -0.25) is 19.4 Å². The number of imide groups is 1. The van der Waals surface area contributed by atoms with Gasteiger partial charge in [-0.25, -0.2) is 0 Å². The number of carbonyl (C=O) groups is 2. The highest BCUT2D eigenvalue weighted by Crippen LogP contribution is 2.47. The van der Waals surface area contributed by atoms with Gasteiger partial charge in [0.15, 0.2) is 0 Å². The normalized spacial score (nSPS) is 19.1. The quantitative estimate of drug-likeness (QED) is 0.556. The van der Waals surface area contributed by atoms with E-state index in [4.69, 9.17) is 4.74 Å². The summed E-state index contributed by atoms with van der Waals surface area (Å²) in [6.45, 7) is 8.33. The smallest absolute Gasteiger partial charge is 0.263 e. The Balaban J connectivity index is 1.62. The fourth-order valence-electron chi connectivity index (χ4n) is 6.26. The van der Waals surface area contributed by atoms with Gasteiger partial charge >= 0.3 is 0 Å². The van der Waals surface area contributed by atoms with Gasteiger partial charge in [0.1, 0.15) is 5.75 Å². The van der Waals surface area contributed by atoms with E-state index in [1.54, 1.807) is 7.11 Å². The van der Waals surface area contributed by atoms with Crippen LogP contribution in [-0.2, 0) is 12.8 Å². The second-order valence-electron chi connectivity index (χ2n) is 10.2. The molecule has 3 aromatic rings. The number of methoxy groups -OCH3 is 1. The SMILES string of the molecule is COc1cccc2c1c1c3c(c4c(c1n2C(C)C)CCC4)C(=O)N(CN1CCN(C)CC1)C3=O. The number of aromatic nitrogens is 1. The Morgan fingerprint density at radius 3 is 2.35 bits per heavy atom. The average molecular weight is 461 g/mol. The number of aryl methyl sites for hydroxylation is 1. The van der Waals surface area contributed by atoms with Crippen molar-refractivity contribution in [1.82, 2.24) is 19.3 Å². The lowest BCUT2D eigenvalue weighted by molar-refractivity contribution is 0.0476. The molecule has 178 valence electrons. The zero-order valence-corrected chi connectivity index (χ0v) is 20.5. The van der Waals surface area contributed by atoms with Gasteiger partial charge in [-0.1, -0.05) is 6.07 Å². The average Bonchev–Trinajstić information content (AvgIpc) is 3.50. The van der Waals surface area contributed by atoms with Crippen LogP contribution in [0, 0.1) is 0 Å². The fourth-order valence-corrected chi connectivity index (χ4v) is 6.26. The summed E-state index contributed by atoms with van der Waals surface area (Å²) in [4.78, 5) is 33.8. The lowest BCUT2D eigenvalue weighted by Gasteiger charge is -2.34. The van der Waals surface area contributed by atoms with E-state index < -0.39 is 0 Å². The molecule has 0 spiro atoms. The molecule has 0 atom stereocenters. The van der Waals surface area contributed by atoms with Gasteiger partial charge in [0.05, 0.1) is 41.3 Å². The van der Waals surface area contributed by atoms with Gasteiger partial charge < -0.3 is 14.2 Å². The second-order valence-corrected chi connectivity index (χ2v) is 10.2. The summed E-state index contributed by atoms with van der Waals surface area (Å²) >= 11 is 0. The molecule has 2 aliphatic heterocycles. The molecule has 0 unspecified atom stereocenters. The zero-order valence-electron chi connectivity index (χ0n) is 20.5. The number of rotatable bonds is 4. The predicted octanol–water partition coefficient (Wildman–Crippen LogP) is 3.67. The Labute approximate surface area is 199 Å². The van der Waals surface area contributed by atoms with E-state index in [-0.39, 0.29) is 17.9 Å². The molecule has 6 rings (SSSR count). The number of hydrogen-bond donors (Lipinski definition) is 0. The van der Waals surface area contributed by atoms with Crippen LogP contribution in [0.3, 0.4) is 0 Å². The molecule has 7 heteroatoms. The van der Waals surface area contributed by atoms with Crippen molar-refractivity contribution in [3.63, 3.8) is 0 Å². The van der Waals surface area contributed by atoms with E-state index >= 15 is 0 Å². The van der Waals surface area contributed by atoms with Gasteiger partial charge in [0.2, 0.25) is 0 Å². The van der Waals surface area contributed by atoms with Crippen LogP contribution in [0.4, 0.5) is 0 Å². The van der Waals surface area contributed by atoms with Gasteiger partial charge in [0.25, 0.3) is 11.8 Å². The first-order chi connectivity index (χ1) is 16.4. The van der Waals surface area contributed by atoms with E-state index in [0.29, 0.717) is 17.8 Å². The monoisotopic (exact) mass is 460 g/mol. The van der Waals surface area contributed by atoms with Crippen LogP contribution in [0.15, 0.2) is 18.2 Å². The minimum atomic E-state index is -0.160. The molecular formula is C27H32N4O3. The number of carbonyl (C=O) groups excluding carboxylic acids is 2. The van der Waals surface area contributed by atoms with Crippen LogP contribution in [0.25, 0.3) is 21.8 Å². The molecule has 0 N–H and O–H groups in total. The maximum absolute atomic E-state index is 14.0. The molecule has 2 aromatic carbocycles. The van der Waals surface area contributed by atoms with E-state index in [0.717, 1.165) is 78.6 Å². The van der Waals surface area contributed by atoms with Crippen molar-refractivity contribution in [3.8, 4) is 5.75 Å². The van der Waals surface area contributed by atoms with Crippen molar-refractivity contribution in [2.75, 3.05) is 47.0 Å². The number of hydrogen-bond acceptors (Lipinski definition) is 5. The summed E-state index contributed by atoms with van der Waals surface area (Å²) in [5.41, 5.74) is 5.73. The Morgan fingerprint density at radius 2 is 1.65 bits per heavy atom. The molecule has 2 amide bonds. The molecule has 7 nitrogen and oxygen atoms in total. The number of benzene rings is 2. The number of likely N-dealkylation sites (N-methyl/N-ethyl adjacent to an activating group) is 1. The highest BCUT2D eigenvalue weighted by Gasteiger charge is 2.43. The number of nitrogens with zero attached hydrogens (tertiary/aromatic N) is 4. The van der Waals surface area contributed by atoms with Crippen molar-refractivity contribution in [2.45, 2.75) is 39.2 Å². The topological polar surface area (TPSA) is 58.0 Å². The highest BCUT2D eigenvalue weighted by atomic mass is 16.5. The van der Waals surface area contributed by atoms with E-state index in [1.165, 1.54) is 10.5 Å². The molecule has 0 bridgehead atoms. The van der Waals surface area contributed by atoms with Crippen molar-refractivity contribution in [3.05, 3.63) is 40.5 Å². The van der Waals surface area contributed by atoms with Crippen LogP contribution in [0.1, 0.15) is 58.2 Å². The lowest BCUT2D eigenvalue weighted by atomic mass is 9.93. The standard InChI is InChI=1S/C27H32N4O3/c1-16(2)31-19-9-6-10-20(34-4)22(19)23-24-21(17-7-5-8-18(17)25(23)31)26(32)30(27(24)33)15-29-13-11-28(3)12-14-29/h6,9-10,16H,5,7-8,11-15H2,1-4H3. The maximum atomic E-state index is 14.0. The van der Waals surface area contributed by atoms with E-state index in [1.807, 2.05) is 12.1 Å². The summed E-state index contributed by atoms with van der Waals surface area (Å²) in [6, 6.07) is 6.28. The Kier molecular flexibility index (Phi) is 4.97. The molecule has 0 radical (unpaired) electrons. The molecule has 0 saturated carbocycles. The summed E-state index contributed by atoms with van der Waals surface area (Å²) < 4.78 is 8.14. The van der Waals surface area contributed by atoms with Crippen molar-refractivity contribution in [2.24, 2.45) is 0 Å². The molecule has 1 fully saturated rings. The summed E-state index contributed by atoms with van der Waals surface area (Å²) in [7, 11) is 3.78. The molecule has 3 aliphatic rings. The van der Waals surface area contributed by atoms with Gasteiger partial charge in [-0.2, -0.15) is 0 Å². The fraction of sp³-hybridized carbons (Fsp3) is 0.481. The largest absolute Gasteiger partial charge is 0.496 e. The number of amides is 2. The zero-order chi connectivity index (χ0) is 23.7. The molecule has 1 aromatic heterocycles. The minimum absolute atomic E-state index is 0.126. The van der Waals surface area contributed by atoms with Crippen molar-refractivity contribution < 1.29 is 14.3 Å². The van der Waals surface area contributed by atoms with Crippen LogP contribution in [0.2, 0.25) is 0 Å². The van der Waals surface area contributed by atoms with Crippen molar-refractivity contribution >= 4 is 33.6 Å². The van der Waals surface area contributed by atoms with Crippen LogP contribution in [-0.4, -0.2) is 78.1 Å². The third-order valence-electron chi connectivity index (χ3n) is 7.89. The minimum Gasteiger partial charge on any atom is -0.496 e. The molecule has 34 heavy (non-hydrogen) atoms. The first kappa shape index (κ1) is 21.6. The number of fused-ring (bicyclic) bond motifs is 8. The first-order valence-electron chi connectivity index (χ1n) is 12.4. The van der Waals surface area contributed by atoms with Gasteiger partial charge in [-0.05, 0) is 63.4 Å². The summed E-state index contributed by atoms with van der Waals surface area (Å²) in [6.07, 6.45) is 2.80. The van der Waals surface area contributed by atoms with E-state index in [2.05, 4.69) is 41.3 Å². The molecule has 1 saturated heterocycles. The Bertz CT molecular complexity index is 1350. The molecule has 1 aliphatic carbocycles. The molecule has 3 heterocycles. The van der Waals surface area contributed by atoms with E-state index in [9.17, 15) is 9.59 Å². The summed E-state index contributed by atoms with van der Waals surface area (Å²) in [5, 5.41) is 1.85. The lowest BCUT2D eigenvalue weighted by Crippen LogP contribution is -2.50. The van der Waals surface area contributed by atoms with Crippen molar-refractivity contribution in [1.29, 1.82) is 0 Å². The first-order valence-corrected chi connectivity index (χ1v) is 12.4. The Morgan fingerprint density at radius 1 is 0.941 bits per heavy atom. The number of ether oxygens (including phenoxy) is 1. The Hall–Kier alpha value is -2.90. The maximum Gasteiger partial charge on any atom is 0.263 e.